The summed E-state index contributed by atoms with van der Waals surface area (Å²) in [4.78, 5) is 31.6. The first-order valence-corrected chi connectivity index (χ1v) is 10.0. The molecule has 4 N–H and O–H groups in total. The minimum atomic E-state index is -0.926. The maximum Gasteiger partial charge on any atom is 0.245 e. The Morgan fingerprint density at radius 1 is 1.34 bits per heavy atom. The van der Waals surface area contributed by atoms with Gasteiger partial charge in [0.05, 0.1) is 5.69 Å². The molecule has 150 valence electrons. The quantitative estimate of drug-likeness (QED) is 0.494. The molecule has 1 aromatic carbocycles. The van der Waals surface area contributed by atoms with E-state index in [2.05, 4.69) is 20.6 Å². The summed E-state index contributed by atoms with van der Waals surface area (Å²) in [5.41, 5.74) is 3.30. The first-order valence-electron chi connectivity index (χ1n) is 9.14. The SMILES string of the molecule is O=C(CCc1cc(-c2nccs2)[nH]c1-c1ccc(F)cc1)N[C@@H]1C(=O)NC[C@H]1O. The van der Waals surface area contributed by atoms with Gasteiger partial charge in [-0.25, -0.2) is 9.37 Å². The molecule has 1 saturated heterocycles. The molecule has 2 atom stereocenters. The molecule has 0 bridgehead atoms. The topological polar surface area (TPSA) is 107 Å². The Hall–Kier alpha value is -3.04. The number of halogens is 1. The molecule has 7 nitrogen and oxygen atoms in total. The number of thiazole rings is 1. The average Bonchev–Trinajstić information content (AvgIpc) is 3.44. The summed E-state index contributed by atoms with van der Waals surface area (Å²) in [6.45, 7) is 0.132. The summed E-state index contributed by atoms with van der Waals surface area (Å²) >= 11 is 1.49. The lowest BCUT2D eigenvalue weighted by Crippen LogP contribution is -2.45. The molecule has 0 saturated carbocycles. The Morgan fingerprint density at radius 3 is 2.79 bits per heavy atom. The first kappa shape index (κ1) is 19.3. The van der Waals surface area contributed by atoms with Crippen LogP contribution in [0.5, 0.6) is 0 Å². The lowest BCUT2D eigenvalue weighted by atomic mass is 10.0. The first-order chi connectivity index (χ1) is 14.0. The van der Waals surface area contributed by atoms with Crippen molar-refractivity contribution in [3.8, 4) is 22.0 Å². The summed E-state index contributed by atoms with van der Waals surface area (Å²) in [7, 11) is 0. The van der Waals surface area contributed by atoms with E-state index >= 15 is 0 Å². The van der Waals surface area contributed by atoms with Gasteiger partial charge in [0.25, 0.3) is 0 Å². The summed E-state index contributed by atoms with van der Waals surface area (Å²) in [6.07, 6.45) is 1.33. The largest absolute Gasteiger partial charge is 0.389 e. The predicted molar refractivity (Wildman–Crippen MR) is 107 cm³/mol. The van der Waals surface area contributed by atoms with Crippen LogP contribution in [-0.2, 0) is 16.0 Å². The number of β-amino-alcohol motifs (C(OH)–C–C–N with tert-alkyl or cyclic N) is 1. The molecule has 3 aromatic rings. The number of rotatable bonds is 6. The van der Waals surface area contributed by atoms with Crippen molar-refractivity contribution >= 4 is 23.2 Å². The van der Waals surface area contributed by atoms with Crippen molar-refractivity contribution in [2.45, 2.75) is 25.0 Å². The molecule has 1 fully saturated rings. The number of nitrogens with one attached hydrogen (secondary N) is 3. The minimum Gasteiger partial charge on any atom is -0.389 e. The number of hydrogen-bond acceptors (Lipinski definition) is 5. The van der Waals surface area contributed by atoms with Crippen LogP contribution < -0.4 is 10.6 Å². The summed E-state index contributed by atoms with van der Waals surface area (Å²) in [5.74, 6) is -1.03. The van der Waals surface area contributed by atoms with Gasteiger partial charge in [0.1, 0.15) is 23.0 Å². The van der Waals surface area contributed by atoms with E-state index in [0.717, 1.165) is 27.5 Å². The van der Waals surface area contributed by atoms with Gasteiger partial charge in [-0.3, -0.25) is 9.59 Å². The van der Waals surface area contributed by atoms with Crippen LogP contribution >= 0.6 is 11.3 Å². The van der Waals surface area contributed by atoms with E-state index < -0.39 is 12.1 Å². The summed E-state index contributed by atoms with van der Waals surface area (Å²) in [6, 6.07) is 7.13. The van der Waals surface area contributed by atoms with E-state index in [-0.39, 0.29) is 30.6 Å². The van der Waals surface area contributed by atoms with E-state index in [0.29, 0.717) is 6.42 Å². The van der Waals surface area contributed by atoms with E-state index in [1.807, 2.05) is 11.4 Å². The number of benzene rings is 1. The fourth-order valence-corrected chi connectivity index (χ4v) is 3.91. The summed E-state index contributed by atoms with van der Waals surface area (Å²) < 4.78 is 13.3. The average molecular weight is 414 g/mol. The van der Waals surface area contributed by atoms with Crippen molar-refractivity contribution in [2.75, 3.05) is 6.54 Å². The zero-order valence-corrected chi connectivity index (χ0v) is 16.1. The monoisotopic (exact) mass is 414 g/mol. The van der Waals surface area contributed by atoms with Crippen LogP contribution in [0.25, 0.3) is 22.0 Å². The Morgan fingerprint density at radius 2 is 2.14 bits per heavy atom. The van der Waals surface area contributed by atoms with E-state index in [9.17, 15) is 19.1 Å². The molecule has 0 radical (unpaired) electrons. The second kappa shape index (κ2) is 8.14. The van der Waals surface area contributed by atoms with Crippen molar-refractivity contribution in [3.63, 3.8) is 0 Å². The maximum absolute atomic E-state index is 13.3. The summed E-state index contributed by atoms with van der Waals surface area (Å²) in [5, 5.41) is 17.6. The van der Waals surface area contributed by atoms with Crippen molar-refractivity contribution in [1.29, 1.82) is 0 Å². The molecule has 2 amide bonds. The molecule has 1 aliphatic rings. The lowest BCUT2D eigenvalue weighted by Gasteiger charge is -2.13. The third kappa shape index (κ3) is 4.20. The van der Waals surface area contributed by atoms with Gasteiger partial charge in [-0.2, -0.15) is 0 Å². The second-order valence-corrected chi connectivity index (χ2v) is 7.68. The number of hydrogen-bond donors (Lipinski definition) is 4. The number of aliphatic hydroxyl groups is 1. The number of aromatic amines is 1. The number of carbonyl (C=O) groups is 2. The van der Waals surface area contributed by atoms with Crippen LogP contribution in [0, 0.1) is 5.82 Å². The van der Waals surface area contributed by atoms with Crippen molar-refractivity contribution in [2.24, 2.45) is 0 Å². The van der Waals surface area contributed by atoms with Crippen molar-refractivity contribution < 1.29 is 19.1 Å². The Kier molecular flexibility index (Phi) is 5.41. The highest BCUT2D eigenvalue weighted by Gasteiger charge is 2.34. The Balaban J connectivity index is 1.53. The van der Waals surface area contributed by atoms with Gasteiger partial charge in [-0.05, 0) is 47.9 Å². The lowest BCUT2D eigenvalue weighted by molar-refractivity contribution is -0.128. The van der Waals surface area contributed by atoms with Crippen LogP contribution in [0.15, 0.2) is 41.9 Å². The molecular formula is C20H19FN4O3S. The number of nitrogens with zero attached hydrogens (tertiary/aromatic N) is 1. The number of carbonyl (C=O) groups excluding carboxylic acids is 2. The van der Waals surface area contributed by atoms with Crippen LogP contribution in [0.1, 0.15) is 12.0 Å². The molecule has 9 heteroatoms. The maximum atomic E-state index is 13.3. The van der Waals surface area contributed by atoms with Gasteiger partial charge in [-0.1, -0.05) is 0 Å². The molecular weight excluding hydrogens is 395 g/mol. The Labute approximate surface area is 170 Å². The van der Waals surface area contributed by atoms with Gasteiger partial charge < -0.3 is 20.7 Å². The van der Waals surface area contributed by atoms with Crippen LogP contribution in [0.2, 0.25) is 0 Å². The fraction of sp³-hybridized carbons (Fsp3) is 0.250. The zero-order chi connectivity index (χ0) is 20.4. The molecule has 3 heterocycles. The molecule has 1 aliphatic heterocycles. The van der Waals surface area contributed by atoms with Gasteiger partial charge in [0, 0.05) is 30.2 Å². The number of aromatic nitrogens is 2. The molecule has 0 spiro atoms. The third-order valence-electron chi connectivity index (χ3n) is 4.79. The van der Waals surface area contributed by atoms with Crippen LogP contribution in [0.3, 0.4) is 0 Å². The molecule has 29 heavy (non-hydrogen) atoms. The number of aliphatic hydroxyl groups excluding tert-OH is 1. The standard InChI is InChI=1S/C20H19FN4O3S/c21-13-4-1-11(2-5-13)17-12(9-14(24-17)20-22-7-8-29-20)3-6-16(27)25-18-15(26)10-23-19(18)28/h1-2,4-5,7-9,15,18,24,26H,3,6,10H2,(H,23,28)(H,25,27)/t15-,18+/m1/s1. The van der Waals surface area contributed by atoms with Crippen molar-refractivity contribution in [3.05, 3.63) is 53.3 Å². The van der Waals surface area contributed by atoms with E-state index in [4.69, 9.17) is 0 Å². The molecule has 0 unspecified atom stereocenters. The second-order valence-electron chi connectivity index (χ2n) is 6.79. The Bertz CT molecular complexity index is 1020. The van der Waals surface area contributed by atoms with Gasteiger partial charge in [-0.15, -0.1) is 11.3 Å². The molecule has 4 rings (SSSR count). The highest BCUT2D eigenvalue weighted by atomic mass is 32.1. The number of aryl methyl sites for hydroxylation is 1. The zero-order valence-electron chi connectivity index (χ0n) is 15.3. The number of amides is 2. The van der Waals surface area contributed by atoms with Crippen molar-refractivity contribution in [1.82, 2.24) is 20.6 Å². The van der Waals surface area contributed by atoms with E-state index in [1.165, 1.54) is 23.5 Å². The smallest absolute Gasteiger partial charge is 0.245 e. The highest BCUT2D eigenvalue weighted by molar-refractivity contribution is 7.13. The van der Waals surface area contributed by atoms with Gasteiger partial charge >= 0.3 is 0 Å². The van der Waals surface area contributed by atoms with E-state index in [1.54, 1.807) is 18.3 Å². The molecule has 0 aliphatic carbocycles. The van der Waals surface area contributed by atoms with Gasteiger partial charge in [0.2, 0.25) is 11.8 Å². The number of H-pyrrole nitrogens is 1. The van der Waals surface area contributed by atoms with Crippen LogP contribution in [-0.4, -0.2) is 45.6 Å². The normalized spacial score (nSPS) is 18.6. The fourth-order valence-electron chi connectivity index (χ4n) is 3.30. The highest BCUT2D eigenvalue weighted by Crippen LogP contribution is 2.31. The van der Waals surface area contributed by atoms with Crippen LogP contribution in [0.4, 0.5) is 4.39 Å². The van der Waals surface area contributed by atoms with Gasteiger partial charge in [0.15, 0.2) is 0 Å². The third-order valence-corrected chi connectivity index (χ3v) is 5.59. The predicted octanol–water partition coefficient (Wildman–Crippen LogP) is 1.85. The minimum absolute atomic E-state index is 0.132. The molecule has 2 aromatic heterocycles.